The maximum atomic E-state index is 12.6. The van der Waals surface area contributed by atoms with E-state index in [1.165, 1.54) is 38.5 Å². The van der Waals surface area contributed by atoms with Gasteiger partial charge in [-0.15, -0.1) is 0 Å². The van der Waals surface area contributed by atoms with Gasteiger partial charge >= 0.3 is 0 Å². The highest BCUT2D eigenvalue weighted by molar-refractivity contribution is 6.42. The van der Waals surface area contributed by atoms with Crippen molar-refractivity contribution in [2.45, 2.75) is 44.6 Å². The molecule has 1 heterocycles. The monoisotopic (exact) mass is 354 g/mol. The number of rotatable bonds is 2. The molecule has 126 valence electrons. The minimum absolute atomic E-state index is 0.0593. The van der Waals surface area contributed by atoms with Gasteiger partial charge in [-0.05, 0) is 31.0 Å². The van der Waals surface area contributed by atoms with Gasteiger partial charge in [-0.25, -0.2) is 0 Å². The predicted molar refractivity (Wildman–Crippen MR) is 95.4 cm³/mol. The zero-order chi connectivity index (χ0) is 16.2. The van der Waals surface area contributed by atoms with Crippen LogP contribution in [0.5, 0.6) is 0 Å². The van der Waals surface area contributed by atoms with E-state index in [4.69, 9.17) is 23.2 Å². The molecular weight excluding hydrogens is 331 g/mol. The quantitative estimate of drug-likeness (QED) is 0.731. The molecule has 0 N–H and O–H groups in total. The molecule has 23 heavy (non-hydrogen) atoms. The first kappa shape index (κ1) is 17.1. The van der Waals surface area contributed by atoms with E-state index in [-0.39, 0.29) is 5.91 Å². The first-order valence-corrected chi connectivity index (χ1v) is 9.39. The standard InChI is InChI=1S/C18H24Cl2N2O/c19-16-8-7-14(13-17(16)20)18(23)22-11-9-21(10-12-22)15-5-3-1-2-4-6-15/h7-8,13,15H,1-6,9-12H2. The molecule has 1 aromatic rings. The van der Waals surface area contributed by atoms with Gasteiger partial charge in [0, 0.05) is 37.8 Å². The molecule has 2 fully saturated rings. The van der Waals surface area contributed by atoms with Crippen molar-refractivity contribution in [2.24, 2.45) is 0 Å². The van der Waals surface area contributed by atoms with Crippen molar-refractivity contribution < 1.29 is 4.79 Å². The summed E-state index contributed by atoms with van der Waals surface area (Å²) >= 11 is 12.0. The summed E-state index contributed by atoms with van der Waals surface area (Å²) in [5.74, 6) is 0.0593. The number of piperazine rings is 1. The Morgan fingerprint density at radius 2 is 1.57 bits per heavy atom. The largest absolute Gasteiger partial charge is 0.336 e. The second-order valence-corrected chi connectivity index (χ2v) is 7.42. The van der Waals surface area contributed by atoms with Crippen LogP contribution in [0.4, 0.5) is 0 Å². The van der Waals surface area contributed by atoms with Crippen molar-refractivity contribution in [3.63, 3.8) is 0 Å². The van der Waals surface area contributed by atoms with Crippen LogP contribution in [0.25, 0.3) is 0 Å². The normalized spacial score (nSPS) is 21.2. The van der Waals surface area contributed by atoms with Crippen LogP contribution in [-0.4, -0.2) is 47.9 Å². The van der Waals surface area contributed by atoms with Gasteiger partial charge < -0.3 is 4.90 Å². The van der Waals surface area contributed by atoms with Gasteiger partial charge in [-0.3, -0.25) is 9.69 Å². The Balaban J connectivity index is 1.57. The van der Waals surface area contributed by atoms with Crippen molar-refractivity contribution in [2.75, 3.05) is 26.2 Å². The van der Waals surface area contributed by atoms with Gasteiger partial charge in [0.2, 0.25) is 0 Å². The molecule has 1 aliphatic carbocycles. The molecule has 1 aromatic carbocycles. The van der Waals surface area contributed by atoms with Crippen LogP contribution in [0.15, 0.2) is 18.2 Å². The molecule has 5 heteroatoms. The third-order valence-electron chi connectivity index (χ3n) is 5.11. The maximum Gasteiger partial charge on any atom is 0.253 e. The Morgan fingerprint density at radius 3 is 2.17 bits per heavy atom. The molecular formula is C18H24Cl2N2O. The van der Waals surface area contributed by atoms with Crippen LogP contribution in [0.1, 0.15) is 48.9 Å². The Bertz CT molecular complexity index is 548. The summed E-state index contributed by atoms with van der Waals surface area (Å²) in [5, 5.41) is 0.927. The SMILES string of the molecule is O=C(c1ccc(Cl)c(Cl)c1)N1CCN(C2CCCCCC2)CC1. The van der Waals surface area contributed by atoms with Gasteiger partial charge in [-0.2, -0.15) is 0 Å². The van der Waals surface area contributed by atoms with E-state index in [2.05, 4.69) is 4.90 Å². The number of amides is 1. The lowest BCUT2D eigenvalue weighted by Crippen LogP contribution is -2.51. The minimum atomic E-state index is 0.0593. The van der Waals surface area contributed by atoms with Gasteiger partial charge in [0.1, 0.15) is 0 Å². The molecule has 0 spiro atoms. The Kier molecular flexibility index (Phi) is 5.84. The van der Waals surface area contributed by atoms with E-state index in [9.17, 15) is 4.79 Å². The van der Waals surface area contributed by atoms with E-state index in [0.717, 1.165) is 32.2 Å². The number of carbonyl (C=O) groups is 1. The zero-order valence-electron chi connectivity index (χ0n) is 13.4. The highest BCUT2D eigenvalue weighted by atomic mass is 35.5. The van der Waals surface area contributed by atoms with Crippen molar-refractivity contribution in [1.29, 1.82) is 0 Å². The van der Waals surface area contributed by atoms with Gasteiger partial charge in [-0.1, -0.05) is 48.9 Å². The summed E-state index contributed by atoms with van der Waals surface area (Å²) < 4.78 is 0. The maximum absolute atomic E-state index is 12.6. The summed E-state index contributed by atoms with van der Waals surface area (Å²) in [6, 6.07) is 5.84. The second kappa shape index (κ2) is 7.87. The van der Waals surface area contributed by atoms with Crippen LogP contribution in [0, 0.1) is 0 Å². The fourth-order valence-electron chi connectivity index (χ4n) is 3.72. The molecule has 0 bridgehead atoms. The minimum Gasteiger partial charge on any atom is -0.336 e. The fraction of sp³-hybridized carbons (Fsp3) is 0.611. The van der Waals surface area contributed by atoms with Crippen LogP contribution < -0.4 is 0 Å². The van der Waals surface area contributed by atoms with E-state index >= 15 is 0 Å². The van der Waals surface area contributed by atoms with Gasteiger partial charge in [0.15, 0.2) is 0 Å². The number of benzene rings is 1. The molecule has 0 unspecified atom stereocenters. The third kappa shape index (κ3) is 4.20. The van der Waals surface area contributed by atoms with Crippen molar-refractivity contribution in [3.05, 3.63) is 33.8 Å². The van der Waals surface area contributed by atoms with Crippen LogP contribution >= 0.6 is 23.2 Å². The molecule has 3 rings (SSSR count). The lowest BCUT2D eigenvalue weighted by molar-refractivity contribution is 0.0551. The van der Waals surface area contributed by atoms with Crippen molar-refractivity contribution >= 4 is 29.1 Å². The molecule has 0 radical (unpaired) electrons. The second-order valence-electron chi connectivity index (χ2n) is 6.60. The summed E-state index contributed by atoms with van der Waals surface area (Å²) in [6.07, 6.45) is 8.11. The predicted octanol–water partition coefficient (Wildman–Crippen LogP) is 4.47. The fourth-order valence-corrected chi connectivity index (χ4v) is 4.02. The summed E-state index contributed by atoms with van der Waals surface area (Å²) in [7, 11) is 0. The van der Waals surface area contributed by atoms with Gasteiger partial charge in [0.25, 0.3) is 5.91 Å². The number of nitrogens with zero attached hydrogens (tertiary/aromatic N) is 2. The molecule has 0 atom stereocenters. The molecule has 3 nitrogen and oxygen atoms in total. The highest BCUT2D eigenvalue weighted by Crippen LogP contribution is 2.25. The van der Waals surface area contributed by atoms with Crippen molar-refractivity contribution in [1.82, 2.24) is 9.80 Å². The average Bonchev–Trinajstić information content (AvgIpc) is 2.86. The topological polar surface area (TPSA) is 23.6 Å². The average molecular weight is 355 g/mol. The van der Waals surface area contributed by atoms with Crippen LogP contribution in [-0.2, 0) is 0 Å². The Hall–Kier alpha value is -0.770. The Morgan fingerprint density at radius 1 is 0.913 bits per heavy atom. The van der Waals surface area contributed by atoms with Crippen LogP contribution in [0.2, 0.25) is 10.0 Å². The number of halogens is 2. The van der Waals surface area contributed by atoms with Crippen LogP contribution in [0.3, 0.4) is 0 Å². The number of hydrogen-bond acceptors (Lipinski definition) is 2. The molecule has 0 aromatic heterocycles. The first-order valence-electron chi connectivity index (χ1n) is 8.63. The van der Waals surface area contributed by atoms with Gasteiger partial charge in [0.05, 0.1) is 10.0 Å². The first-order chi connectivity index (χ1) is 11.1. The molecule has 1 aliphatic heterocycles. The summed E-state index contributed by atoms with van der Waals surface area (Å²) in [4.78, 5) is 17.1. The summed E-state index contributed by atoms with van der Waals surface area (Å²) in [6.45, 7) is 3.57. The van der Waals surface area contributed by atoms with E-state index in [0.29, 0.717) is 15.6 Å². The van der Waals surface area contributed by atoms with E-state index in [1.54, 1.807) is 18.2 Å². The third-order valence-corrected chi connectivity index (χ3v) is 5.85. The zero-order valence-corrected chi connectivity index (χ0v) is 15.0. The number of carbonyl (C=O) groups excluding carboxylic acids is 1. The lowest BCUT2D eigenvalue weighted by Gasteiger charge is -2.39. The molecule has 1 saturated carbocycles. The smallest absolute Gasteiger partial charge is 0.253 e. The van der Waals surface area contributed by atoms with E-state index < -0.39 is 0 Å². The Labute approximate surface area is 148 Å². The van der Waals surface area contributed by atoms with E-state index in [1.807, 2.05) is 4.90 Å². The molecule has 1 amide bonds. The molecule has 2 aliphatic rings. The highest BCUT2D eigenvalue weighted by Gasteiger charge is 2.27. The van der Waals surface area contributed by atoms with Crippen molar-refractivity contribution in [3.8, 4) is 0 Å². The lowest BCUT2D eigenvalue weighted by atomic mass is 10.1. The summed E-state index contributed by atoms with van der Waals surface area (Å²) in [5.41, 5.74) is 0.627. The molecule has 1 saturated heterocycles. The number of hydrogen-bond donors (Lipinski definition) is 0.